The summed E-state index contributed by atoms with van der Waals surface area (Å²) >= 11 is 1.09. The molecule has 7 nitrogen and oxygen atoms in total. The zero-order chi connectivity index (χ0) is 24.7. The van der Waals surface area contributed by atoms with Crippen molar-refractivity contribution in [3.63, 3.8) is 0 Å². The number of ketones is 1. The first-order chi connectivity index (χ1) is 16.9. The predicted octanol–water partition coefficient (Wildman–Crippen LogP) is 5.08. The van der Waals surface area contributed by atoms with E-state index >= 15 is 0 Å². The van der Waals surface area contributed by atoms with Gasteiger partial charge in [0.05, 0.1) is 36.1 Å². The number of anilines is 1. The van der Waals surface area contributed by atoms with Gasteiger partial charge in [-0.1, -0.05) is 23.5 Å². The first-order valence-corrected chi connectivity index (χ1v) is 11.4. The highest BCUT2D eigenvalue weighted by Crippen LogP contribution is 2.45. The molecule has 176 valence electrons. The highest BCUT2D eigenvalue weighted by molar-refractivity contribution is 7.22. The Morgan fingerprint density at radius 2 is 1.74 bits per heavy atom. The molecule has 0 aliphatic carbocycles. The molecule has 2 heterocycles. The molecule has 35 heavy (non-hydrogen) atoms. The second-order valence-electron chi connectivity index (χ2n) is 7.78. The molecule has 0 radical (unpaired) electrons. The summed E-state index contributed by atoms with van der Waals surface area (Å²) in [4.78, 5) is 32.3. The smallest absolute Gasteiger partial charge is 0.301 e. The minimum atomic E-state index is -0.974. The topological polar surface area (TPSA) is 89.0 Å². The van der Waals surface area contributed by atoms with Crippen LogP contribution in [0.5, 0.6) is 11.5 Å². The zero-order valence-corrected chi connectivity index (χ0v) is 19.5. The number of ether oxygens (including phenoxy) is 2. The molecule has 0 spiro atoms. The van der Waals surface area contributed by atoms with Crippen molar-refractivity contribution in [1.82, 2.24) is 4.98 Å². The van der Waals surface area contributed by atoms with E-state index in [0.29, 0.717) is 32.8 Å². The largest absolute Gasteiger partial charge is 0.507 e. The minimum Gasteiger partial charge on any atom is -0.507 e. The van der Waals surface area contributed by atoms with Crippen molar-refractivity contribution >= 4 is 44.1 Å². The minimum absolute atomic E-state index is 0.0844. The molecule has 1 N–H and O–H groups in total. The summed E-state index contributed by atoms with van der Waals surface area (Å²) in [6, 6.07) is 16.5. The lowest BCUT2D eigenvalue weighted by Crippen LogP contribution is -2.29. The second kappa shape index (κ2) is 8.84. The number of rotatable bonds is 5. The molecule has 1 unspecified atom stereocenters. The van der Waals surface area contributed by atoms with E-state index in [0.717, 1.165) is 11.3 Å². The number of methoxy groups -OCH3 is 2. The van der Waals surface area contributed by atoms with Crippen LogP contribution >= 0.6 is 11.3 Å². The van der Waals surface area contributed by atoms with Crippen LogP contribution in [0.3, 0.4) is 0 Å². The molecule has 1 aliphatic rings. The predicted molar refractivity (Wildman–Crippen MR) is 130 cm³/mol. The molecule has 1 fully saturated rings. The SMILES string of the molecule is COc1ccc(/C(O)=C2\C(=O)C(=O)N(c3nc4ccc(F)cc4s3)C2c2cccc(OC)c2)cc1. The highest BCUT2D eigenvalue weighted by atomic mass is 32.1. The fourth-order valence-corrected chi connectivity index (χ4v) is 5.07. The van der Waals surface area contributed by atoms with Gasteiger partial charge in [0.15, 0.2) is 5.13 Å². The van der Waals surface area contributed by atoms with Crippen LogP contribution in [0.1, 0.15) is 17.2 Å². The third kappa shape index (κ3) is 3.89. The Bertz CT molecular complexity index is 1500. The van der Waals surface area contributed by atoms with E-state index in [1.165, 1.54) is 37.3 Å². The van der Waals surface area contributed by atoms with E-state index in [2.05, 4.69) is 4.98 Å². The number of thiazole rings is 1. The van der Waals surface area contributed by atoms with Crippen LogP contribution in [0.25, 0.3) is 16.0 Å². The summed E-state index contributed by atoms with van der Waals surface area (Å²) < 4.78 is 24.8. The number of fused-ring (bicyclic) bond motifs is 1. The van der Waals surface area contributed by atoms with Gasteiger partial charge in [-0.3, -0.25) is 14.5 Å². The van der Waals surface area contributed by atoms with Gasteiger partial charge in [0.2, 0.25) is 0 Å². The number of carbonyl (C=O) groups is 2. The Morgan fingerprint density at radius 3 is 2.46 bits per heavy atom. The van der Waals surface area contributed by atoms with Crippen molar-refractivity contribution in [2.24, 2.45) is 0 Å². The van der Waals surface area contributed by atoms with E-state index in [9.17, 15) is 19.1 Å². The van der Waals surface area contributed by atoms with Gasteiger partial charge in [-0.05, 0) is 60.2 Å². The molecule has 1 amide bonds. The summed E-state index contributed by atoms with van der Waals surface area (Å²) in [5.74, 6) is -1.35. The first-order valence-electron chi connectivity index (χ1n) is 10.6. The summed E-state index contributed by atoms with van der Waals surface area (Å²) in [6.07, 6.45) is 0. The number of benzene rings is 3. The number of nitrogens with zero attached hydrogens (tertiary/aromatic N) is 2. The maximum absolute atomic E-state index is 13.8. The van der Waals surface area contributed by atoms with E-state index in [1.807, 2.05) is 0 Å². The highest BCUT2D eigenvalue weighted by Gasteiger charge is 2.48. The quantitative estimate of drug-likeness (QED) is 0.239. The molecule has 5 rings (SSSR count). The number of aliphatic hydroxyl groups is 1. The normalized spacial score (nSPS) is 17.2. The molecular weight excluding hydrogens is 471 g/mol. The molecule has 1 aliphatic heterocycles. The van der Waals surface area contributed by atoms with Crippen LogP contribution in [0.2, 0.25) is 0 Å². The Hall–Kier alpha value is -4.24. The van der Waals surface area contributed by atoms with E-state index in [4.69, 9.17) is 9.47 Å². The van der Waals surface area contributed by atoms with E-state index < -0.39 is 23.5 Å². The third-order valence-electron chi connectivity index (χ3n) is 5.76. The number of aliphatic hydroxyl groups excluding tert-OH is 1. The Morgan fingerprint density at radius 1 is 1.00 bits per heavy atom. The molecule has 1 aromatic heterocycles. The molecule has 9 heteroatoms. The summed E-state index contributed by atoms with van der Waals surface area (Å²) in [5, 5.41) is 11.4. The summed E-state index contributed by atoms with van der Waals surface area (Å²) in [7, 11) is 3.03. The number of carbonyl (C=O) groups excluding carboxylic acids is 2. The van der Waals surface area contributed by atoms with Crippen LogP contribution < -0.4 is 14.4 Å². The van der Waals surface area contributed by atoms with Gasteiger partial charge in [-0.2, -0.15) is 0 Å². The molecule has 0 saturated carbocycles. The number of hydrogen-bond acceptors (Lipinski definition) is 7. The zero-order valence-electron chi connectivity index (χ0n) is 18.7. The molecule has 0 bridgehead atoms. The number of Topliss-reactive ketones (excluding diaryl/α,β-unsaturated/α-hetero) is 1. The summed E-state index contributed by atoms with van der Waals surface area (Å²) in [6.45, 7) is 0. The van der Waals surface area contributed by atoms with Gasteiger partial charge in [0, 0.05) is 5.56 Å². The number of amides is 1. The van der Waals surface area contributed by atoms with E-state index in [1.54, 1.807) is 48.5 Å². The molecule has 1 saturated heterocycles. The van der Waals surface area contributed by atoms with Crippen LogP contribution in [-0.4, -0.2) is 36.0 Å². The molecule has 3 aromatic carbocycles. The number of halogens is 1. The first kappa shape index (κ1) is 22.5. The molecule has 1 atom stereocenters. The maximum atomic E-state index is 13.8. The van der Waals surface area contributed by atoms with Gasteiger partial charge >= 0.3 is 5.91 Å². The van der Waals surface area contributed by atoms with Gasteiger partial charge in [0.1, 0.15) is 23.1 Å². The van der Waals surface area contributed by atoms with Crippen LogP contribution in [0, 0.1) is 5.82 Å². The average molecular weight is 491 g/mol. The van der Waals surface area contributed by atoms with Gasteiger partial charge in [0.25, 0.3) is 5.78 Å². The number of hydrogen-bond donors (Lipinski definition) is 1. The van der Waals surface area contributed by atoms with Crippen molar-refractivity contribution < 1.29 is 28.6 Å². The van der Waals surface area contributed by atoms with Gasteiger partial charge in [-0.15, -0.1) is 0 Å². The lowest BCUT2D eigenvalue weighted by atomic mass is 9.95. The Balaban J connectivity index is 1.72. The van der Waals surface area contributed by atoms with Crippen molar-refractivity contribution in [3.8, 4) is 11.5 Å². The summed E-state index contributed by atoms with van der Waals surface area (Å²) in [5.41, 5.74) is 1.30. The second-order valence-corrected chi connectivity index (χ2v) is 8.79. The van der Waals surface area contributed by atoms with Crippen LogP contribution in [0.4, 0.5) is 9.52 Å². The van der Waals surface area contributed by atoms with Crippen LogP contribution in [0.15, 0.2) is 72.3 Å². The Kier molecular flexibility index (Phi) is 5.70. The van der Waals surface area contributed by atoms with Gasteiger partial charge in [-0.25, -0.2) is 9.37 Å². The van der Waals surface area contributed by atoms with E-state index in [-0.39, 0.29) is 16.5 Å². The molecular formula is C26H19FN2O5S. The Labute approximate surface area is 203 Å². The van der Waals surface area contributed by atoms with Gasteiger partial charge < -0.3 is 14.6 Å². The fourth-order valence-electron chi connectivity index (χ4n) is 4.05. The lowest BCUT2D eigenvalue weighted by Gasteiger charge is -2.23. The van der Waals surface area contributed by atoms with Crippen molar-refractivity contribution in [2.75, 3.05) is 19.1 Å². The number of aromatic nitrogens is 1. The lowest BCUT2D eigenvalue weighted by molar-refractivity contribution is -0.132. The van der Waals surface area contributed by atoms with Crippen molar-refractivity contribution in [2.45, 2.75) is 6.04 Å². The fraction of sp³-hybridized carbons (Fsp3) is 0.115. The third-order valence-corrected chi connectivity index (χ3v) is 6.78. The standard InChI is InChI=1S/C26H19FN2O5S/c1-33-17-9-6-14(7-10-17)23(30)21-22(15-4-3-5-18(12-15)34-2)29(25(32)24(21)31)26-28-19-11-8-16(27)13-20(19)35-26/h3-13,22,30H,1-2H3/b23-21+. The van der Waals surface area contributed by atoms with Crippen molar-refractivity contribution in [3.05, 3.63) is 89.2 Å². The van der Waals surface area contributed by atoms with Crippen molar-refractivity contribution in [1.29, 1.82) is 0 Å². The van der Waals surface area contributed by atoms with Crippen LogP contribution in [-0.2, 0) is 9.59 Å². The molecule has 4 aromatic rings. The average Bonchev–Trinajstić information content (AvgIpc) is 3.41. The monoisotopic (exact) mass is 490 g/mol. The maximum Gasteiger partial charge on any atom is 0.301 e.